The fourth-order valence-electron chi connectivity index (χ4n) is 11.9. The van der Waals surface area contributed by atoms with Crippen molar-refractivity contribution in [3.05, 3.63) is 291 Å². The van der Waals surface area contributed by atoms with Crippen LogP contribution in [0.25, 0.3) is 55.0 Å². The van der Waals surface area contributed by atoms with Crippen LogP contribution in [0.2, 0.25) is 0 Å². The highest BCUT2D eigenvalue weighted by Crippen LogP contribution is 2.37. The summed E-state index contributed by atoms with van der Waals surface area (Å²) in [6, 6.07) is 109. The summed E-state index contributed by atoms with van der Waals surface area (Å²) in [5.41, 5.74) is 7.06. The largest absolute Gasteiger partial charge is 0.309 e. The summed E-state index contributed by atoms with van der Waals surface area (Å²) in [7, 11) is -5.58. The lowest BCUT2D eigenvalue weighted by molar-refractivity contribution is 1.17. The van der Waals surface area contributed by atoms with Crippen molar-refractivity contribution in [2.24, 2.45) is 0 Å². The summed E-state index contributed by atoms with van der Waals surface area (Å²) >= 11 is 0. The highest BCUT2D eigenvalue weighted by Gasteiger charge is 2.43. The predicted octanol–water partition coefficient (Wildman–Crippen LogP) is 10.6. The SMILES string of the molecule is c1ccc([Si](c2ccccc2)(c2ccccc2)c2cccc(-n3c4ccccc4c4cc(-n5c6ccccc6c6ccc([Si](c7ccccc7)(c7ccccc7)c7ccccc7)cc65)ccc43)c2)cc1. The number of hydrogen-bond donors (Lipinski definition) is 0. The highest BCUT2D eigenvalue weighted by molar-refractivity contribution is 7.20. The van der Waals surface area contributed by atoms with Crippen molar-refractivity contribution in [3.8, 4) is 11.4 Å². The van der Waals surface area contributed by atoms with Gasteiger partial charge in [-0.1, -0.05) is 243 Å². The molecule has 70 heavy (non-hydrogen) atoms. The van der Waals surface area contributed by atoms with E-state index in [0.29, 0.717) is 0 Å². The van der Waals surface area contributed by atoms with E-state index in [2.05, 4.69) is 300 Å². The van der Waals surface area contributed by atoms with E-state index >= 15 is 0 Å². The van der Waals surface area contributed by atoms with Crippen LogP contribution in [0.5, 0.6) is 0 Å². The van der Waals surface area contributed by atoms with Crippen molar-refractivity contribution in [2.45, 2.75) is 0 Å². The molecule has 0 unspecified atom stereocenters. The molecule has 2 aromatic heterocycles. The van der Waals surface area contributed by atoms with Gasteiger partial charge in [0.1, 0.15) is 0 Å². The Labute approximate surface area is 410 Å². The molecule has 11 aromatic carbocycles. The molecule has 0 radical (unpaired) electrons. The van der Waals surface area contributed by atoms with Crippen LogP contribution in [0.3, 0.4) is 0 Å². The first-order chi connectivity index (χ1) is 34.7. The van der Waals surface area contributed by atoms with E-state index in [0.717, 1.165) is 11.4 Å². The van der Waals surface area contributed by atoms with Crippen molar-refractivity contribution >= 4 is 101 Å². The minimum absolute atomic E-state index is 1.14. The zero-order valence-corrected chi connectivity index (χ0v) is 40.6. The Kier molecular flexibility index (Phi) is 10.2. The third-order valence-electron chi connectivity index (χ3n) is 14.8. The van der Waals surface area contributed by atoms with E-state index in [-0.39, 0.29) is 0 Å². The number of rotatable bonds is 10. The number of fused-ring (bicyclic) bond motifs is 6. The van der Waals surface area contributed by atoms with Gasteiger partial charge in [-0.25, -0.2) is 0 Å². The first kappa shape index (κ1) is 41.6. The van der Waals surface area contributed by atoms with Gasteiger partial charge in [-0.3, -0.25) is 0 Å². The van der Waals surface area contributed by atoms with Crippen LogP contribution in [0.15, 0.2) is 291 Å². The second-order valence-corrected chi connectivity index (χ2v) is 26.0. The van der Waals surface area contributed by atoms with Crippen molar-refractivity contribution < 1.29 is 0 Å². The van der Waals surface area contributed by atoms with E-state index in [4.69, 9.17) is 0 Å². The molecule has 13 aromatic rings. The quantitative estimate of drug-likeness (QED) is 0.0956. The van der Waals surface area contributed by atoms with Crippen LogP contribution < -0.4 is 41.5 Å². The summed E-state index contributed by atoms with van der Waals surface area (Å²) in [6.45, 7) is 0. The lowest BCUT2D eigenvalue weighted by atomic mass is 10.1. The van der Waals surface area contributed by atoms with Crippen LogP contribution in [-0.4, -0.2) is 25.3 Å². The topological polar surface area (TPSA) is 9.86 Å². The smallest absolute Gasteiger partial charge is 0.179 e. The third-order valence-corrected chi connectivity index (χ3v) is 24.3. The molecule has 0 aliphatic carbocycles. The molecule has 0 saturated heterocycles. The third kappa shape index (κ3) is 6.45. The maximum atomic E-state index is 2.52. The molecule has 13 rings (SSSR count). The van der Waals surface area contributed by atoms with E-state index in [1.165, 1.54) is 85.1 Å². The zero-order valence-electron chi connectivity index (χ0n) is 38.6. The molecule has 4 heteroatoms. The van der Waals surface area contributed by atoms with Gasteiger partial charge in [-0.2, -0.15) is 0 Å². The molecule has 0 fully saturated rings. The van der Waals surface area contributed by atoms with Gasteiger partial charge in [0.25, 0.3) is 0 Å². The van der Waals surface area contributed by atoms with Crippen molar-refractivity contribution in [1.82, 2.24) is 9.13 Å². The number of para-hydroxylation sites is 2. The number of hydrogen-bond acceptors (Lipinski definition) is 0. The van der Waals surface area contributed by atoms with Gasteiger partial charge < -0.3 is 9.13 Å². The molecular formula is C66H48N2Si2. The Morgan fingerprint density at radius 3 is 0.971 bits per heavy atom. The predicted molar refractivity (Wildman–Crippen MR) is 302 cm³/mol. The normalized spacial score (nSPS) is 12.0. The van der Waals surface area contributed by atoms with E-state index in [9.17, 15) is 0 Å². The van der Waals surface area contributed by atoms with Crippen LogP contribution in [-0.2, 0) is 0 Å². The van der Waals surface area contributed by atoms with Gasteiger partial charge >= 0.3 is 0 Å². The molecule has 0 spiro atoms. The summed E-state index contributed by atoms with van der Waals surface area (Å²) < 4.78 is 5.00. The van der Waals surface area contributed by atoms with Crippen molar-refractivity contribution in [3.63, 3.8) is 0 Å². The molecule has 0 amide bonds. The lowest BCUT2D eigenvalue weighted by Gasteiger charge is -2.34. The van der Waals surface area contributed by atoms with Gasteiger partial charge in [0.2, 0.25) is 0 Å². The van der Waals surface area contributed by atoms with Gasteiger partial charge in [0.15, 0.2) is 16.1 Å². The fraction of sp³-hybridized carbons (Fsp3) is 0. The average molecular weight is 925 g/mol. The molecule has 0 N–H and O–H groups in total. The molecule has 0 saturated carbocycles. The molecule has 2 heterocycles. The average Bonchev–Trinajstić information content (AvgIpc) is 3.95. The first-order valence-electron chi connectivity index (χ1n) is 24.3. The Morgan fingerprint density at radius 2 is 0.514 bits per heavy atom. The molecule has 0 atom stereocenters. The first-order valence-corrected chi connectivity index (χ1v) is 28.3. The van der Waals surface area contributed by atoms with E-state index in [1.807, 2.05) is 0 Å². The van der Waals surface area contributed by atoms with Crippen LogP contribution in [0, 0.1) is 0 Å². The second-order valence-electron chi connectivity index (χ2n) is 18.4. The van der Waals surface area contributed by atoms with Crippen LogP contribution in [0.4, 0.5) is 0 Å². The molecule has 2 nitrogen and oxygen atoms in total. The minimum Gasteiger partial charge on any atom is -0.309 e. The highest BCUT2D eigenvalue weighted by atomic mass is 28.3. The monoisotopic (exact) mass is 924 g/mol. The molecule has 0 aliphatic heterocycles. The lowest BCUT2D eigenvalue weighted by Crippen LogP contribution is -2.74. The molecule has 0 bridgehead atoms. The summed E-state index contributed by atoms with van der Waals surface area (Å²) in [6.07, 6.45) is 0. The Morgan fingerprint density at radius 1 is 0.186 bits per heavy atom. The van der Waals surface area contributed by atoms with Crippen LogP contribution in [0.1, 0.15) is 0 Å². The standard InChI is InChI=1S/C66H48N2Si2/c1-7-25-51(26-8-1)69(52-27-9-2-10-28-52,53-29-11-3-12-30-53)57-37-23-24-49(46-57)67-64-41-22-20-39-60(64)62-47-50(42-45-65(62)67)68-63-40-21-19-38-59(63)61-44-43-58(48-66(61)68)70(54-31-13-4-14-32-54,55-33-15-5-16-34-55)56-35-17-6-18-36-56/h1-48H. The maximum absolute atomic E-state index is 2.80. The molecule has 0 aliphatic rings. The van der Waals surface area contributed by atoms with Gasteiger partial charge in [-0.15, -0.1) is 0 Å². The minimum atomic E-state index is -2.80. The molecule has 330 valence electrons. The maximum Gasteiger partial charge on any atom is 0.179 e. The Bertz CT molecular complexity index is 3790. The van der Waals surface area contributed by atoms with E-state index < -0.39 is 16.1 Å². The van der Waals surface area contributed by atoms with E-state index in [1.54, 1.807) is 0 Å². The number of aromatic nitrogens is 2. The van der Waals surface area contributed by atoms with Gasteiger partial charge in [-0.05, 0) is 90.0 Å². The van der Waals surface area contributed by atoms with Crippen molar-refractivity contribution in [1.29, 1.82) is 0 Å². The zero-order chi connectivity index (χ0) is 46.5. The number of nitrogens with zero attached hydrogens (tertiary/aromatic N) is 2. The number of benzene rings is 11. The Hall–Kier alpha value is -8.55. The second kappa shape index (κ2) is 17.2. The molecular weight excluding hydrogens is 877 g/mol. The van der Waals surface area contributed by atoms with Gasteiger partial charge in [0, 0.05) is 32.9 Å². The summed E-state index contributed by atoms with van der Waals surface area (Å²) in [5, 5.41) is 15.8. The summed E-state index contributed by atoms with van der Waals surface area (Å²) in [4.78, 5) is 0. The van der Waals surface area contributed by atoms with Crippen molar-refractivity contribution in [2.75, 3.05) is 0 Å². The summed E-state index contributed by atoms with van der Waals surface area (Å²) in [5.74, 6) is 0. The van der Waals surface area contributed by atoms with Gasteiger partial charge in [0.05, 0.1) is 22.1 Å². The Balaban J connectivity index is 1.04. The fourth-order valence-corrected chi connectivity index (χ4v) is 21.4. The van der Waals surface area contributed by atoms with Crippen LogP contribution >= 0.6 is 0 Å².